The number of hydrogen-bond acceptors (Lipinski definition) is 3. The van der Waals surface area contributed by atoms with Crippen molar-refractivity contribution in [3.63, 3.8) is 0 Å². The van der Waals surface area contributed by atoms with Crippen molar-refractivity contribution in [2.75, 3.05) is 32.1 Å². The Labute approximate surface area is 362 Å². The number of rotatable bonds is 18. The van der Waals surface area contributed by atoms with E-state index in [0.29, 0.717) is 11.5 Å². The van der Waals surface area contributed by atoms with Crippen molar-refractivity contribution < 1.29 is 9.53 Å². The van der Waals surface area contributed by atoms with Gasteiger partial charge in [0.2, 0.25) is 0 Å². The molecule has 1 aliphatic rings. The molecule has 0 heterocycles. The van der Waals surface area contributed by atoms with Crippen LogP contribution in [-0.2, 0) is 6.42 Å². The average Bonchev–Trinajstić information content (AvgIpc) is 3.26. The third kappa shape index (κ3) is 16.1. The van der Waals surface area contributed by atoms with Crippen molar-refractivity contribution in [3.8, 4) is 16.9 Å². The number of hydrogen-bond donors (Lipinski definition) is 1. The van der Waals surface area contributed by atoms with Gasteiger partial charge in [-0.15, -0.1) is 0 Å². The Kier molecular flexibility index (Phi) is 24.5. The van der Waals surface area contributed by atoms with Crippen LogP contribution in [0, 0.1) is 12.8 Å². The molecule has 1 unspecified atom stereocenters. The molecule has 4 heteroatoms. The van der Waals surface area contributed by atoms with Gasteiger partial charge in [0.25, 0.3) is 5.91 Å². The Morgan fingerprint density at radius 1 is 0.814 bits per heavy atom. The first-order valence-electron chi connectivity index (χ1n) is 23.3. The van der Waals surface area contributed by atoms with E-state index in [9.17, 15) is 4.79 Å². The molecule has 4 aromatic rings. The van der Waals surface area contributed by atoms with Crippen molar-refractivity contribution in [1.29, 1.82) is 0 Å². The van der Waals surface area contributed by atoms with Crippen LogP contribution in [0.25, 0.3) is 16.7 Å². The zero-order valence-electron chi connectivity index (χ0n) is 39.7. The molecule has 1 amide bonds. The summed E-state index contributed by atoms with van der Waals surface area (Å²) in [6.07, 6.45) is 12.1. The lowest BCUT2D eigenvalue weighted by molar-refractivity contribution is 0.102. The molecule has 0 radical (unpaired) electrons. The van der Waals surface area contributed by atoms with Crippen molar-refractivity contribution in [1.82, 2.24) is 4.90 Å². The van der Waals surface area contributed by atoms with Gasteiger partial charge < -0.3 is 15.0 Å². The third-order valence-corrected chi connectivity index (χ3v) is 11.7. The Morgan fingerprint density at radius 2 is 1.47 bits per heavy atom. The predicted molar refractivity (Wildman–Crippen MR) is 260 cm³/mol. The van der Waals surface area contributed by atoms with E-state index in [1.807, 2.05) is 52.0 Å². The van der Waals surface area contributed by atoms with Crippen molar-refractivity contribution in [3.05, 3.63) is 124 Å². The quantitative estimate of drug-likeness (QED) is 0.109. The molecule has 59 heavy (non-hydrogen) atoms. The number of anilines is 1. The number of nitrogens with zero attached hydrogens (tertiary/aromatic N) is 1. The molecular formula is C55H82N2O2. The van der Waals surface area contributed by atoms with E-state index in [-0.39, 0.29) is 5.91 Å². The number of methoxy groups -OCH3 is 1. The number of carbonyl (C=O) groups is 1. The fourth-order valence-corrected chi connectivity index (χ4v) is 7.36. The highest BCUT2D eigenvalue weighted by atomic mass is 16.5. The molecule has 0 bridgehead atoms. The fourth-order valence-electron chi connectivity index (χ4n) is 7.36. The number of aryl methyl sites for hydroxylation is 1. The summed E-state index contributed by atoms with van der Waals surface area (Å²) in [4.78, 5) is 15.9. The van der Waals surface area contributed by atoms with Crippen LogP contribution in [0.5, 0.6) is 5.75 Å². The Hall–Kier alpha value is -4.15. The standard InChI is InChI=1S/C38H41NO2.C13H29N.2C2H6/c1-6-25(2)27(4)34-22-29(16-15-26(34)3)21-28-17-19-32(20-18-28)38(40)39-33-23-35(30-13-10-14-30)37(36(24-33)41-5)31-11-8-7-9-12-31;1-5-8-11-14(10-6-2)12-9-13(4)7-3;2*1-2/h7-9,11-12,15-20,22-24,30H,6,10,13-14,21H2,1-5H3,(H,39,40);13H,5-12H2,1-4H3;2*1-2H3/b27-25-;;;. The molecule has 1 N–H and O–H groups in total. The van der Waals surface area contributed by atoms with E-state index in [4.69, 9.17) is 4.74 Å². The topological polar surface area (TPSA) is 41.6 Å². The maximum atomic E-state index is 13.3. The van der Waals surface area contributed by atoms with E-state index in [0.717, 1.165) is 41.3 Å². The summed E-state index contributed by atoms with van der Waals surface area (Å²) in [5, 5.41) is 3.14. The van der Waals surface area contributed by atoms with Gasteiger partial charge in [-0.05, 0) is 154 Å². The number of allylic oxidation sites excluding steroid dienone is 2. The van der Waals surface area contributed by atoms with Crippen LogP contribution in [0.4, 0.5) is 5.69 Å². The average molecular weight is 803 g/mol. The summed E-state index contributed by atoms with van der Waals surface area (Å²) < 4.78 is 5.86. The number of nitrogens with one attached hydrogen (secondary N) is 1. The predicted octanol–water partition coefficient (Wildman–Crippen LogP) is 16.0. The highest BCUT2D eigenvalue weighted by molar-refractivity contribution is 6.04. The van der Waals surface area contributed by atoms with Gasteiger partial charge >= 0.3 is 0 Å². The highest BCUT2D eigenvalue weighted by Crippen LogP contribution is 2.46. The van der Waals surface area contributed by atoms with Crippen molar-refractivity contribution in [2.45, 2.75) is 153 Å². The molecule has 1 fully saturated rings. The van der Waals surface area contributed by atoms with E-state index in [1.165, 1.54) is 110 Å². The van der Waals surface area contributed by atoms with Gasteiger partial charge in [0, 0.05) is 22.9 Å². The molecular weight excluding hydrogens is 721 g/mol. The first-order chi connectivity index (χ1) is 28.6. The SMILES string of the molecule is CC.CC.CC/C(C)=C(/C)c1cc(Cc2ccc(C(=O)Nc3cc(OC)c(-c4ccccc4)c(C4CCC4)c3)cc2)ccc1C.CCCCN(CCC)CCC(C)CC. The lowest BCUT2D eigenvalue weighted by Crippen LogP contribution is -2.27. The van der Waals surface area contributed by atoms with Gasteiger partial charge in [0.1, 0.15) is 5.75 Å². The van der Waals surface area contributed by atoms with Gasteiger partial charge in [-0.3, -0.25) is 4.79 Å². The number of benzene rings is 4. The fraction of sp³-hybridized carbons (Fsp3) is 0.509. The summed E-state index contributed by atoms with van der Waals surface area (Å²) in [6, 6.07) is 29.2. The first-order valence-corrected chi connectivity index (χ1v) is 23.3. The molecule has 5 rings (SSSR count). The molecule has 0 spiro atoms. The van der Waals surface area contributed by atoms with Crippen LogP contribution < -0.4 is 10.1 Å². The number of ether oxygens (including phenoxy) is 1. The van der Waals surface area contributed by atoms with Crippen LogP contribution in [-0.4, -0.2) is 37.6 Å². The minimum atomic E-state index is -0.112. The van der Waals surface area contributed by atoms with E-state index in [2.05, 4.69) is 126 Å². The van der Waals surface area contributed by atoms with Crippen LogP contribution in [0.2, 0.25) is 0 Å². The summed E-state index contributed by atoms with van der Waals surface area (Å²) >= 11 is 0. The highest BCUT2D eigenvalue weighted by Gasteiger charge is 2.26. The van der Waals surface area contributed by atoms with Gasteiger partial charge in [-0.1, -0.05) is 148 Å². The van der Waals surface area contributed by atoms with Crippen LogP contribution in [0.15, 0.2) is 90.5 Å². The van der Waals surface area contributed by atoms with Crippen LogP contribution in [0.1, 0.15) is 178 Å². The summed E-state index contributed by atoms with van der Waals surface area (Å²) in [6.45, 7) is 29.9. The van der Waals surface area contributed by atoms with E-state index >= 15 is 0 Å². The van der Waals surface area contributed by atoms with Gasteiger partial charge in [-0.25, -0.2) is 0 Å². The second-order valence-electron chi connectivity index (χ2n) is 15.9. The molecule has 4 nitrogen and oxygen atoms in total. The summed E-state index contributed by atoms with van der Waals surface area (Å²) in [5.74, 6) is 2.07. The molecule has 0 aromatic heterocycles. The monoisotopic (exact) mass is 803 g/mol. The Morgan fingerprint density at radius 3 is 2.03 bits per heavy atom. The number of carbonyl (C=O) groups excluding carboxylic acids is 1. The Balaban J connectivity index is 0.000000565. The molecule has 0 aliphatic heterocycles. The molecule has 1 aliphatic carbocycles. The molecule has 0 saturated heterocycles. The number of amides is 1. The minimum absolute atomic E-state index is 0.112. The lowest BCUT2D eigenvalue weighted by Gasteiger charge is -2.29. The smallest absolute Gasteiger partial charge is 0.255 e. The third-order valence-electron chi connectivity index (χ3n) is 11.7. The van der Waals surface area contributed by atoms with Gasteiger partial charge in [0.15, 0.2) is 0 Å². The minimum Gasteiger partial charge on any atom is -0.496 e. The second kappa shape index (κ2) is 28.3. The van der Waals surface area contributed by atoms with Crippen molar-refractivity contribution >= 4 is 17.2 Å². The van der Waals surface area contributed by atoms with Gasteiger partial charge in [-0.2, -0.15) is 0 Å². The normalized spacial score (nSPS) is 13.0. The lowest BCUT2D eigenvalue weighted by atomic mass is 9.76. The zero-order chi connectivity index (χ0) is 43.7. The summed E-state index contributed by atoms with van der Waals surface area (Å²) in [5.41, 5.74) is 12.8. The zero-order valence-corrected chi connectivity index (χ0v) is 39.7. The van der Waals surface area contributed by atoms with Crippen molar-refractivity contribution in [2.24, 2.45) is 5.92 Å². The largest absolute Gasteiger partial charge is 0.496 e. The molecule has 324 valence electrons. The maximum Gasteiger partial charge on any atom is 0.255 e. The van der Waals surface area contributed by atoms with Gasteiger partial charge in [0.05, 0.1) is 7.11 Å². The van der Waals surface area contributed by atoms with E-state index < -0.39 is 0 Å². The molecule has 1 atom stereocenters. The maximum absolute atomic E-state index is 13.3. The molecule has 1 saturated carbocycles. The first kappa shape index (κ1) is 51.0. The number of unbranched alkanes of at least 4 members (excludes halogenated alkanes) is 1. The second-order valence-corrected chi connectivity index (χ2v) is 15.9. The van der Waals surface area contributed by atoms with Crippen LogP contribution in [0.3, 0.4) is 0 Å². The Bertz CT molecular complexity index is 1800. The van der Waals surface area contributed by atoms with Crippen LogP contribution >= 0.6 is 0 Å². The van der Waals surface area contributed by atoms with E-state index in [1.54, 1.807) is 7.11 Å². The molecule has 4 aromatic carbocycles. The summed E-state index contributed by atoms with van der Waals surface area (Å²) in [7, 11) is 1.70.